The maximum absolute atomic E-state index is 9.95. The van der Waals surface area contributed by atoms with Gasteiger partial charge in [-0.2, -0.15) is 11.3 Å². The van der Waals surface area contributed by atoms with Crippen LogP contribution < -0.4 is 10.6 Å². The minimum absolute atomic E-state index is 0. The second-order valence-corrected chi connectivity index (χ2v) is 8.38. The van der Waals surface area contributed by atoms with Crippen LogP contribution in [-0.4, -0.2) is 41.6 Å². The number of hydrogen-bond acceptors (Lipinski definition) is 4. The highest BCUT2D eigenvalue weighted by Gasteiger charge is 2.20. The molecule has 0 amide bonds. The largest absolute Gasteiger partial charge is 0.507 e. The van der Waals surface area contributed by atoms with Crippen LogP contribution >= 0.6 is 35.3 Å². The third-order valence-electron chi connectivity index (χ3n) is 5.23. The molecule has 0 aliphatic carbocycles. The van der Waals surface area contributed by atoms with Crippen molar-refractivity contribution in [2.75, 3.05) is 19.6 Å². The van der Waals surface area contributed by atoms with Crippen molar-refractivity contribution in [3.63, 3.8) is 0 Å². The Balaban J connectivity index is 0.00000300. The Bertz CT molecular complexity index is 763. The second-order valence-electron chi connectivity index (χ2n) is 7.60. The summed E-state index contributed by atoms with van der Waals surface area (Å²) in [6, 6.07) is 6.70. The van der Waals surface area contributed by atoms with E-state index in [0.29, 0.717) is 18.3 Å². The monoisotopic (exact) mass is 528 g/mol. The van der Waals surface area contributed by atoms with Gasteiger partial charge in [0, 0.05) is 32.2 Å². The first-order valence-corrected chi connectivity index (χ1v) is 11.1. The van der Waals surface area contributed by atoms with Crippen molar-refractivity contribution in [1.29, 1.82) is 0 Å². The molecule has 0 spiro atoms. The van der Waals surface area contributed by atoms with Crippen molar-refractivity contribution in [1.82, 2.24) is 15.5 Å². The van der Waals surface area contributed by atoms with Gasteiger partial charge in [0.2, 0.25) is 0 Å². The molecule has 0 radical (unpaired) electrons. The Morgan fingerprint density at radius 3 is 2.48 bits per heavy atom. The number of nitrogens with one attached hydrogen (secondary N) is 2. The number of nitrogens with zero attached hydrogens (tertiary/aromatic N) is 2. The Kier molecular flexibility index (Phi) is 9.71. The first kappa shape index (κ1) is 24.0. The van der Waals surface area contributed by atoms with E-state index in [9.17, 15) is 5.11 Å². The van der Waals surface area contributed by atoms with E-state index in [0.717, 1.165) is 61.7 Å². The number of piperidine rings is 1. The van der Waals surface area contributed by atoms with Crippen molar-refractivity contribution in [2.45, 2.75) is 52.7 Å². The smallest absolute Gasteiger partial charge is 0.191 e. The average Bonchev–Trinajstić information content (AvgIpc) is 3.19. The highest BCUT2D eigenvalue weighted by Crippen LogP contribution is 2.23. The number of benzene rings is 1. The molecule has 1 aromatic carbocycles. The predicted molar refractivity (Wildman–Crippen MR) is 134 cm³/mol. The lowest BCUT2D eigenvalue weighted by Crippen LogP contribution is -2.48. The summed E-state index contributed by atoms with van der Waals surface area (Å²) in [5, 5.41) is 21.3. The molecule has 160 valence electrons. The molecule has 1 aromatic heterocycles. The van der Waals surface area contributed by atoms with E-state index in [2.05, 4.69) is 39.3 Å². The molecule has 1 saturated heterocycles. The SMILES string of the molecule is CCNC(=NCc1cc(C)c(O)c(C)c1)NC1CCN(Cc2ccsc2)CC1.I. The number of phenolic OH excluding ortho intramolecular Hbond substituents is 1. The quantitative estimate of drug-likeness (QED) is 0.296. The fourth-order valence-electron chi connectivity index (χ4n) is 3.70. The van der Waals surface area contributed by atoms with Crippen molar-refractivity contribution >= 4 is 41.3 Å². The van der Waals surface area contributed by atoms with Gasteiger partial charge in [-0.15, -0.1) is 24.0 Å². The number of aromatic hydroxyl groups is 1. The second kappa shape index (κ2) is 11.8. The molecule has 0 unspecified atom stereocenters. The summed E-state index contributed by atoms with van der Waals surface area (Å²) in [5.41, 5.74) is 4.35. The summed E-state index contributed by atoms with van der Waals surface area (Å²) in [7, 11) is 0. The first-order chi connectivity index (χ1) is 13.5. The van der Waals surface area contributed by atoms with Gasteiger partial charge in [0.25, 0.3) is 0 Å². The Morgan fingerprint density at radius 2 is 1.90 bits per heavy atom. The summed E-state index contributed by atoms with van der Waals surface area (Å²) in [4.78, 5) is 7.30. The summed E-state index contributed by atoms with van der Waals surface area (Å²) in [6.45, 7) is 10.7. The van der Waals surface area contributed by atoms with Gasteiger partial charge in [0.05, 0.1) is 6.54 Å². The average molecular weight is 529 g/mol. The number of aryl methyl sites for hydroxylation is 2. The molecule has 2 aromatic rings. The number of halogens is 1. The van der Waals surface area contributed by atoms with Gasteiger partial charge in [-0.05, 0) is 72.7 Å². The molecule has 0 saturated carbocycles. The normalized spacial score (nSPS) is 15.8. The number of guanidine groups is 1. The molecule has 1 fully saturated rings. The maximum Gasteiger partial charge on any atom is 0.191 e. The van der Waals surface area contributed by atoms with E-state index in [1.807, 2.05) is 26.0 Å². The third-order valence-corrected chi connectivity index (χ3v) is 5.96. The number of rotatable bonds is 6. The van der Waals surface area contributed by atoms with E-state index in [4.69, 9.17) is 4.99 Å². The van der Waals surface area contributed by atoms with Crippen LogP contribution in [0.25, 0.3) is 0 Å². The Morgan fingerprint density at radius 1 is 1.21 bits per heavy atom. The number of thiophene rings is 1. The minimum Gasteiger partial charge on any atom is -0.507 e. The zero-order valence-electron chi connectivity index (χ0n) is 17.6. The minimum atomic E-state index is 0. The van der Waals surface area contributed by atoms with Crippen LogP contribution in [0.15, 0.2) is 34.0 Å². The first-order valence-electron chi connectivity index (χ1n) is 10.1. The predicted octanol–water partition coefficient (Wildman–Crippen LogP) is 4.41. The topological polar surface area (TPSA) is 59.9 Å². The molecule has 1 aliphatic rings. The van der Waals surface area contributed by atoms with Crippen molar-refractivity contribution in [2.24, 2.45) is 4.99 Å². The van der Waals surface area contributed by atoms with Gasteiger partial charge in [-0.25, -0.2) is 4.99 Å². The van der Waals surface area contributed by atoms with Crippen LogP contribution in [0.4, 0.5) is 0 Å². The number of aliphatic imine (C=N–C) groups is 1. The van der Waals surface area contributed by atoms with Gasteiger partial charge in [-0.1, -0.05) is 12.1 Å². The Hall–Kier alpha value is -1.32. The van der Waals surface area contributed by atoms with E-state index in [1.165, 1.54) is 5.56 Å². The molecular formula is C22H33IN4OS. The van der Waals surface area contributed by atoms with E-state index in [1.54, 1.807) is 11.3 Å². The third kappa shape index (κ3) is 7.15. The van der Waals surface area contributed by atoms with E-state index in [-0.39, 0.29) is 24.0 Å². The van der Waals surface area contributed by atoms with Crippen LogP contribution in [0.3, 0.4) is 0 Å². The zero-order valence-corrected chi connectivity index (χ0v) is 20.7. The maximum atomic E-state index is 9.95. The molecule has 3 rings (SSSR count). The molecule has 7 heteroatoms. The van der Waals surface area contributed by atoms with Gasteiger partial charge in [-0.3, -0.25) is 4.90 Å². The van der Waals surface area contributed by atoms with Crippen LogP contribution in [0.1, 0.15) is 42.0 Å². The van der Waals surface area contributed by atoms with E-state index < -0.39 is 0 Å². The van der Waals surface area contributed by atoms with Crippen molar-refractivity contribution in [3.05, 3.63) is 51.2 Å². The molecular weight excluding hydrogens is 495 g/mol. The molecule has 2 heterocycles. The number of likely N-dealkylation sites (tertiary alicyclic amines) is 1. The van der Waals surface area contributed by atoms with Crippen LogP contribution in [-0.2, 0) is 13.1 Å². The molecule has 0 bridgehead atoms. The van der Waals surface area contributed by atoms with Gasteiger partial charge < -0.3 is 15.7 Å². The van der Waals surface area contributed by atoms with E-state index >= 15 is 0 Å². The summed E-state index contributed by atoms with van der Waals surface area (Å²) in [5.74, 6) is 1.26. The van der Waals surface area contributed by atoms with Crippen LogP contribution in [0, 0.1) is 13.8 Å². The fourth-order valence-corrected chi connectivity index (χ4v) is 4.36. The zero-order chi connectivity index (χ0) is 19.9. The van der Waals surface area contributed by atoms with Crippen LogP contribution in [0.2, 0.25) is 0 Å². The van der Waals surface area contributed by atoms with Gasteiger partial charge in [0.1, 0.15) is 5.75 Å². The van der Waals surface area contributed by atoms with Gasteiger partial charge >= 0.3 is 0 Å². The molecule has 1 aliphatic heterocycles. The lowest BCUT2D eigenvalue weighted by atomic mass is 10.0. The number of phenols is 1. The molecule has 29 heavy (non-hydrogen) atoms. The molecule has 3 N–H and O–H groups in total. The van der Waals surface area contributed by atoms with Crippen molar-refractivity contribution < 1.29 is 5.11 Å². The van der Waals surface area contributed by atoms with Gasteiger partial charge in [0.15, 0.2) is 5.96 Å². The molecule has 0 atom stereocenters. The summed E-state index contributed by atoms with van der Waals surface area (Å²) >= 11 is 1.77. The van der Waals surface area contributed by atoms with Crippen LogP contribution in [0.5, 0.6) is 5.75 Å². The highest BCUT2D eigenvalue weighted by atomic mass is 127. The molecule has 5 nitrogen and oxygen atoms in total. The number of hydrogen-bond donors (Lipinski definition) is 3. The lowest BCUT2D eigenvalue weighted by Gasteiger charge is -2.33. The summed E-state index contributed by atoms with van der Waals surface area (Å²) < 4.78 is 0. The summed E-state index contributed by atoms with van der Waals surface area (Å²) in [6.07, 6.45) is 2.26. The standard InChI is InChI=1S/C22H32N4OS.HI/c1-4-23-22(24-13-19-11-16(2)21(27)17(3)12-19)25-20-5-8-26(9-6-20)14-18-7-10-28-15-18;/h7,10-12,15,20,27H,4-6,8-9,13-14H2,1-3H3,(H2,23,24,25);1H. The fraction of sp³-hybridized carbons (Fsp3) is 0.500. The highest BCUT2D eigenvalue weighted by molar-refractivity contribution is 14.0. The Labute approximate surface area is 195 Å². The van der Waals surface area contributed by atoms with Crippen molar-refractivity contribution in [3.8, 4) is 5.75 Å². The lowest BCUT2D eigenvalue weighted by molar-refractivity contribution is 0.198.